The Balaban J connectivity index is 1.87. The van der Waals surface area contributed by atoms with Crippen LogP contribution in [-0.4, -0.2) is 0 Å². The molecule has 0 N–H and O–H groups in total. The van der Waals surface area contributed by atoms with Gasteiger partial charge in [-0.25, -0.2) is 0 Å². The molecule has 0 radical (unpaired) electrons. The van der Waals surface area contributed by atoms with E-state index < -0.39 is 0 Å². The highest BCUT2D eigenvalue weighted by Crippen LogP contribution is 2.51. The summed E-state index contributed by atoms with van der Waals surface area (Å²) < 4.78 is 1.16. The van der Waals surface area contributed by atoms with Crippen molar-refractivity contribution in [2.24, 2.45) is 0 Å². The van der Waals surface area contributed by atoms with Gasteiger partial charge in [-0.05, 0) is 93.6 Å². The fourth-order valence-corrected chi connectivity index (χ4v) is 6.46. The van der Waals surface area contributed by atoms with E-state index in [1.807, 2.05) is 0 Å². The molecule has 8 aromatic carbocycles. The number of benzene rings is 5. The molecule has 0 spiro atoms. The fraction of sp³-hybridized carbons (Fsp3) is 0. The molecular weight excluding hydrogens is 440 g/mol. The van der Waals surface area contributed by atoms with Gasteiger partial charge in [0.05, 0.1) is 0 Å². The number of hydrogen-bond donors (Lipinski definition) is 0. The monoisotopic (exact) mass is 454 g/mol. The summed E-state index contributed by atoms with van der Waals surface area (Å²) in [6.45, 7) is 0. The van der Waals surface area contributed by atoms with Gasteiger partial charge in [0.2, 0.25) is 0 Å². The van der Waals surface area contributed by atoms with Crippen LogP contribution in [-0.2, 0) is 0 Å². The van der Waals surface area contributed by atoms with Crippen molar-refractivity contribution in [1.29, 1.82) is 0 Å². The Labute approximate surface area is 186 Å². The maximum Gasteiger partial charge on any atom is 0.0254 e. The quantitative estimate of drug-likeness (QED) is 0.214. The van der Waals surface area contributed by atoms with Gasteiger partial charge in [-0.15, -0.1) is 0 Å². The number of halogens is 1. The Hall–Kier alpha value is -3.42. The van der Waals surface area contributed by atoms with Crippen LogP contribution in [0.25, 0.3) is 75.4 Å². The van der Waals surface area contributed by atoms with Crippen LogP contribution in [0.1, 0.15) is 0 Å². The second-order valence-corrected chi connectivity index (χ2v) is 9.47. The molecule has 0 heterocycles. The zero-order chi connectivity index (χ0) is 20.3. The first-order valence-electron chi connectivity index (χ1n) is 10.7. The zero-order valence-corrected chi connectivity index (χ0v) is 18.1. The normalized spacial score (nSPS) is 12.7. The van der Waals surface area contributed by atoms with Gasteiger partial charge in [-0.1, -0.05) is 88.7 Å². The van der Waals surface area contributed by atoms with Gasteiger partial charge in [0.1, 0.15) is 0 Å². The summed E-state index contributed by atoms with van der Waals surface area (Å²) in [6, 6.07) is 33.7. The van der Waals surface area contributed by atoms with Crippen molar-refractivity contribution in [1.82, 2.24) is 0 Å². The Kier molecular flexibility index (Phi) is 2.86. The van der Waals surface area contributed by atoms with E-state index in [0.29, 0.717) is 0 Å². The lowest BCUT2D eigenvalue weighted by Gasteiger charge is -2.03. The minimum Gasteiger partial charge on any atom is -0.0616 e. The van der Waals surface area contributed by atoms with Crippen LogP contribution >= 0.6 is 15.9 Å². The predicted octanol–water partition coefficient (Wildman–Crippen LogP) is 9.40. The molecule has 0 atom stereocenters. The fourth-order valence-electron chi connectivity index (χ4n) is 6.00. The van der Waals surface area contributed by atoms with Gasteiger partial charge >= 0.3 is 0 Å². The summed E-state index contributed by atoms with van der Waals surface area (Å²) in [5.74, 6) is 0. The smallest absolute Gasteiger partial charge is 0.0254 e. The van der Waals surface area contributed by atoms with E-state index in [1.165, 1.54) is 75.4 Å². The predicted molar refractivity (Wildman–Crippen MR) is 139 cm³/mol. The highest BCUT2D eigenvalue weighted by Gasteiger charge is 2.22. The molecule has 1 heteroatoms. The van der Waals surface area contributed by atoms with Gasteiger partial charge in [0, 0.05) is 4.47 Å². The van der Waals surface area contributed by atoms with E-state index in [4.69, 9.17) is 0 Å². The van der Waals surface area contributed by atoms with Gasteiger partial charge in [0.15, 0.2) is 0 Å². The van der Waals surface area contributed by atoms with Crippen molar-refractivity contribution in [2.75, 3.05) is 0 Å². The van der Waals surface area contributed by atoms with Crippen molar-refractivity contribution >= 4 is 91.3 Å². The average Bonchev–Trinajstić information content (AvgIpc) is 3.46. The van der Waals surface area contributed by atoms with Gasteiger partial charge in [-0.3, -0.25) is 0 Å². The summed E-state index contributed by atoms with van der Waals surface area (Å²) in [7, 11) is 0. The molecule has 0 unspecified atom stereocenters. The molecule has 0 fully saturated rings. The topological polar surface area (TPSA) is 0 Å². The van der Waals surface area contributed by atoms with E-state index in [1.54, 1.807) is 0 Å². The average molecular weight is 455 g/mol. The Morgan fingerprint density at radius 1 is 0.355 bits per heavy atom. The van der Waals surface area contributed by atoms with Crippen molar-refractivity contribution in [3.8, 4) is 0 Å². The van der Waals surface area contributed by atoms with Gasteiger partial charge in [-0.2, -0.15) is 0 Å². The Bertz CT molecular complexity index is 1990. The standard InChI is InChI=1S/C30H15Br/c31-25-13-12-22-27-20(25)10-5-11-21(27)29-24-14-16-6-1-3-8-18(16)26(24)23-15-17-7-2-4-9-19(17)28(23)30(22)29/h1-15H. The molecular formula is C30H15Br. The van der Waals surface area contributed by atoms with Crippen molar-refractivity contribution in [2.45, 2.75) is 0 Å². The summed E-state index contributed by atoms with van der Waals surface area (Å²) in [4.78, 5) is 0. The summed E-state index contributed by atoms with van der Waals surface area (Å²) in [5, 5.41) is 19.1. The first-order valence-corrected chi connectivity index (χ1v) is 11.4. The molecule has 0 aliphatic heterocycles. The second kappa shape index (κ2) is 5.43. The molecule has 0 aromatic heterocycles. The summed E-state index contributed by atoms with van der Waals surface area (Å²) >= 11 is 3.80. The minimum absolute atomic E-state index is 1.16. The van der Waals surface area contributed by atoms with E-state index in [-0.39, 0.29) is 0 Å². The highest BCUT2D eigenvalue weighted by molar-refractivity contribution is 9.10. The van der Waals surface area contributed by atoms with E-state index >= 15 is 0 Å². The van der Waals surface area contributed by atoms with Crippen molar-refractivity contribution in [3.05, 3.63) is 95.5 Å². The Morgan fingerprint density at radius 3 is 1.61 bits per heavy atom. The highest BCUT2D eigenvalue weighted by atomic mass is 79.9. The molecule has 0 saturated heterocycles. The van der Waals surface area contributed by atoms with E-state index in [9.17, 15) is 0 Å². The SMILES string of the molecule is Brc1ccc2c3c1cccc3c1c3cc4ccccc4c3c3cc4ccccc4c3c21. The second-order valence-electron chi connectivity index (χ2n) is 8.61. The minimum atomic E-state index is 1.16. The molecule has 31 heavy (non-hydrogen) atoms. The van der Waals surface area contributed by atoms with Crippen LogP contribution in [0.2, 0.25) is 0 Å². The summed E-state index contributed by atoms with van der Waals surface area (Å²) in [6.07, 6.45) is 0. The molecule has 8 rings (SSSR count). The van der Waals surface area contributed by atoms with Crippen LogP contribution < -0.4 is 0 Å². The molecule has 0 saturated carbocycles. The number of hydrogen-bond acceptors (Lipinski definition) is 0. The molecule has 8 aromatic rings. The van der Waals surface area contributed by atoms with Crippen LogP contribution in [0.3, 0.4) is 0 Å². The van der Waals surface area contributed by atoms with Crippen LogP contribution in [0, 0.1) is 0 Å². The molecule has 0 aliphatic carbocycles. The maximum atomic E-state index is 3.80. The molecule has 142 valence electrons. The third-order valence-electron chi connectivity index (χ3n) is 7.16. The zero-order valence-electron chi connectivity index (χ0n) is 16.5. The van der Waals surface area contributed by atoms with Crippen molar-refractivity contribution < 1.29 is 0 Å². The van der Waals surface area contributed by atoms with Crippen molar-refractivity contribution in [3.63, 3.8) is 0 Å². The van der Waals surface area contributed by atoms with Crippen LogP contribution in [0.15, 0.2) is 95.5 Å². The lowest BCUT2D eigenvalue weighted by molar-refractivity contribution is 1.79. The first kappa shape index (κ1) is 16.3. The van der Waals surface area contributed by atoms with Gasteiger partial charge in [0.25, 0.3) is 0 Å². The maximum absolute atomic E-state index is 3.80. The third-order valence-corrected chi connectivity index (χ3v) is 7.85. The van der Waals surface area contributed by atoms with E-state index in [2.05, 4.69) is 107 Å². The molecule has 0 nitrogen and oxygen atoms in total. The lowest BCUT2D eigenvalue weighted by atomic mass is 9.99. The van der Waals surface area contributed by atoms with Crippen LogP contribution in [0.4, 0.5) is 0 Å². The van der Waals surface area contributed by atoms with Gasteiger partial charge < -0.3 is 0 Å². The summed E-state index contributed by atoms with van der Waals surface area (Å²) in [5.41, 5.74) is 0. The molecule has 0 bridgehead atoms. The molecule has 0 amide bonds. The largest absolute Gasteiger partial charge is 0.0616 e. The number of fused-ring (bicyclic) bond motifs is 12. The lowest BCUT2D eigenvalue weighted by Crippen LogP contribution is -1.74. The first-order chi connectivity index (χ1) is 15.3. The molecule has 0 aliphatic rings. The van der Waals surface area contributed by atoms with E-state index in [0.717, 1.165) is 4.47 Å². The number of rotatable bonds is 0. The third kappa shape index (κ3) is 1.83. The van der Waals surface area contributed by atoms with Crippen LogP contribution in [0.5, 0.6) is 0 Å². The Morgan fingerprint density at radius 2 is 0.871 bits per heavy atom.